The van der Waals surface area contributed by atoms with Crippen molar-refractivity contribution in [2.75, 3.05) is 13.2 Å². The van der Waals surface area contributed by atoms with Gasteiger partial charge in [-0.05, 0) is 25.2 Å². The summed E-state index contributed by atoms with van der Waals surface area (Å²) in [6, 6.07) is 0.337. The molecule has 0 fully saturated rings. The van der Waals surface area contributed by atoms with E-state index in [2.05, 4.69) is 20.8 Å². The van der Waals surface area contributed by atoms with Crippen molar-refractivity contribution in [2.45, 2.75) is 52.5 Å². The highest BCUT2D eigenvalue weighted by Crippen LogP contribution is 2.01. The molecule has 0 amide bonds. The van der Waals surface area contributed by atoms with Crippen LogP contribution in [0.15, 0.2) is 0 Å². The van der Waals surface area contributed by atoms with Crippen LogP contribution in [0.5, 0.6) is 0 Å². The van der Waals surface area contributed by atoms with Crippen LogP contribution >= 0.6 is 0 Å². The lowest BCUT2D eigenvalue weighted by Crippen LogP contribution is -2.21. The maximum absolute atomic E-state index is 5.85. The molecule has 0 aliphatic heterocycles. The van der Waals surface area contributed by atoms with Gasteiger partial charge in [0.1, 0.15) is 0 Å². The number of hydrogen-bond donors (Lipinski definition) is 1. The van der Waals surface area contributed by atoms with E-state index in [1.807, 2.05) is 0 Å². The van der Waals surface area contributed by atoms with E-state index in [9.17, 15) is 0 Å². The quantitative estimate of drug-likeness (QED) is 0.593. The molecule has 0 saturated carbocycles. The molecule has 0 aromatic heterocycles. The predicted octanol–water partition coefficient (Wildman–Crippen LogP) is 2.57. The average Bonchev–Trinajstić information content (AvgIpc) is 2.03. The summed E-state index contributed by atoms with van der Waals surface area (Å²) in [5.41, 5.74) is 5.85. The molecule has 2 heteroatoms. The van der Waals surface area contributed by atoms with Crippen LogP contribution in [-0.4, -0.2) is 19.3 Å². The van der Waals surface area contributed by atoms with Crippen molar-refractivity contribution in [1.82, 2.24) is 0 Å². The van der Waals surface area contributed by atoms with Gasteiger partial charge in [0.25, 0.3) is 0 Å². The molecule has 0 rings (SSSR count). The number of hydrogen-bond acceptors (Lipinski definition) is 2. The third-order valence-corrected chi connectivity index (χ3v) is 2.13. The van der Waals surface area contributed by atoms with Crippen LogP contribution in [0.25, 0.3) is 0 Å². The fourth-order valence-electron chi connectivity index (χ4n) is 1.17. The SMILES string of the molecule is CCCC(N)CCOCCC(C)C. The van der Waals surface area contributed by atoms with E-state index >= 15 is 0 Å². The van der Waals surface area contributed by atoms with Gasteiger partial charge < -0.3 is 10.5 Å². The minimum absolute atomic E-state index is 0.337. The first-order valence-electron chi connectivity index (χ1n) is 5.50. The van der Waals surface area contributed by atoms with Crippen LogP contribution in [0.3, 0.4) is 0 Å². The highest BCUT2D eigenvalue weighted by Gasteiger charge is 2.00. The molecule has 0 aromatic rings. The lowest BCUT2D eigenvalue weighted by molar-refractivity contribution is 0.116. The first-order valence-corrected chi connectivity index (χ1v) is 5.50. The number of nitrogens with two attached hydrogens (primary N) is 1. The summed E-state index contributed by atoms with van der Waals surface area (Å²) in [6.07, 6.45) is 4.45. The fraction of sp³-hybridized carbons (Fsp3) is 1.00. The van der Waals surface area contributed by atoms with Gasteiger partial charge >= 0.3 is 0 Å². The molecule has 0 bridgehead atoms. The van der Waals surface area contributed by atoms with Gasteiger partial charge in [0, 0.05) is 19.3 Å². The van der Waals surface area contributed by atoms with Crippen LogP contribution in [0.2, 0.25) is 0 Å². The van der Waals surface area contributed by atoms with Gasteiger partial charge in [0.2, 0.25) is 0 Å². The van der Waals surface area contributed by atoms with Crippen LogP contribution < -0.4 is 5.73 Å². The first kappa shape index (κ1) is 12.9. The zero-order valence-electron chi connectivity index (χ0n) is 9.38. The van der Waals surface area contributed by atoms with Gasteiger partial charge in [-0.1, -0.05) is 27.2 Å². The van der Waals surface area contributed by atoms with Crippen LogP contribution in [0, 0.1) is 5.92 Å². The van der Waals surface area contributed by atoms with Crippen LogP contribution in [0.4, 0.5) is 0 Å². The monoisotopic (exact) mass is 187 g/mol. The average molecular weight is 187 g/mol. The minimum atomic E-state index is 0.337. The van der Waals surface area contributed by atoms with Crippen molar-refractivity contribution in [3.63, 3.8) is 0 Å². The molecule has 0 saturated heterocycles. The summed E-state index contributed by atoms with van der Waals surface area (Å²) < 4.78 is 5.48. The van der Waals surface area contributed by atoms with Gasteiger partial charge in [-0.2, -0.15) is 0 Å². The third kappa shape index (κ3) is 9.84. The second-order valence-electron chi connectivity index (χ2n) is 4.13. The minimum Gasteiger partial charge on any atom is -0.381 e. The van der Waals surface area contributed by atoms with E-state index in [0.717, 1.165) is 38.4 Å². The molecule has 0 aromatic carbocycles. The van der Waals surface area contributed by atoms with Crippen LogP contribution in [0.1, 0.15) is 46.5 Å². The highest BCUT2D eigenvalue weighted by atomic mass is 16.5. The standard InChI is InChI=1S/C11H25NO/c1-4-5-11(12)7-9-13-8-6-10(2)3/h10-11H,4-9,12H2,1-3H3. The summed E-state index contributed by atoms with van der Waals surface area (Å²) in [6.45, 7) is 8.31. The summed E-state index contributed by atoms with van der Waals surface area (Å²) in [5.74, 6) is 0.740. The van der Waals surface area contributed by atoms with Gasteiger partial charge in [-0.15, -0.1) is 0 Å². The smallest absolute Gasteiger partial charge is 0.0480 e. The first-order chi connectivity index (χ1) is 6.16. The Morgan fingerprint density at radius 1 is 1.08 bits per heavy atom. The molecule has 0 aliphatic rings. The van der Waals surface area contributed by atoms with Crippen molar-refractivity contribution in [1.29, 1.82) is 0 Å². The molecule has 0 spiro atoms. The van der Waals surface area contributed by atoms with Gasteiger partial charge in [-0.25, -0.2) is 0 Å². The normalized spacial score (nSPS) is 13.6. The van der Waals surface area contributed by atoms with E-state index in [1.165, 1.54) is 6.42 Å². The van der Waals surface area contributed by atoms with E-state index in [4.69, 9.17) is 10.5 Å². The highest BCUT2D eigenvalue weighted by molar-refractivity contribution is 4.58. The molecule has 2 nitrogen and oxygen atoms in total. The number of ether oxygens (including phenoxy) is 1. The Morgan fingerprint density at radius 3 is 2.23 bits per heavy atom. The molecule has 0 aliphatic carbocycles. The molecular weight excluding hydrogens is 162 g/mol. The molecule has 0 heterocycles. The second-order valence-corrected chi connectivity index (χ2v) is 4.13. The van der Waals surface area contributed by atoms with Crippen molar-refractivity contribution in [3.8, 4) is 0 Å². The zero-order chi connectivity index (χ0) is 10.1. The fourth-order valence-corrected chi connectivity index (χ4v) is 1.17. The van der Waals surface area contributed by atoms with Gasteiger partial charge in [0.05, 0.1) is 0 Å². The molecule has 80 valence electrons. The lowest BCUT2D eigenvalue weighted by atomic mass is 10.1. The Morgan fingerprint density at radius 2 is 1.69 bits per heavy atom. The van der Waals surface area contributed by atoms with Gasteiger partial charge in [0.15, 0.2) is 0 Å². The molecule has 0 radical (unpaired) electrons. The largest absolute Gasteiger partial charge is 0.381 e. The molecule has 13 heavy (non-hydrogen) atoms. The zero-order valence-corrected chi connectivity index (χ0v) is 9.38. The number of rotatable bonds is 8. The van der Waals surface area contributed by atoms with E-state index in [1.54, 1.807) is 0 Å². The Hall–Kier alpha value is -0.0800. The Bertz CT molecular complexity index is 104. The third-order valence-electron chi connectivity index (χ3n) is 2.13. The van der Waals surface area contributed by atoms with E-state index < -0.39 is 0 Å². The summed E-state index contributed by atoms with van der Waals surface area (Å²) in [4.78, 5) is 0. The van der Waals surface area contributed by atoms with Crippen molar-refractivity contribution in [3.05, 3.63) is 0 Å². The molecule has 1 atom stereocenters. The van der Waals surface area contributed by atoms with Crippen molar-refractivity contribution in [2.24, 2.45) is 11.7 Å². The topological polar surface area (TPSA) is 35.2 Å². The second kappa shape index (κ2) is 8.52. The van der Waals surface area contributed by atoms with Crippen LogP contribution in [-0.2, 0) is 4.74 Å². The molecule has 1 unspecified atom stereocenters. The van der Waals surface area contributed by atoms with Gasteiger partial charge in [-0.3, -0.25) is 0 Å². The summed E-state index contributed by atoms with van der Waals surface area (Å²) in [7, 11) is 0. The molecule has 2 N–H and O–H groups in total. The Kier molecular flexibility index (Phi) is 8.46. The van der Waals surface area contributed by atoms with Crippen molar-refractivity contribution < 1.29 is 4.74 Å². The predicted molar refractivity (Wildman–Crippen MR) is 57.8 cm³/mol. The summed E-state index contributed by atoms with van der Waals surface area (Å²) in [5, 5.41) is 0. The maximum atomic E-state index is 5.85. The summed E-state index contributed by atoms with van der Waals surface area (Å²) >= 11 is 0. The lowest BCUT2D eigenvalue weighted by Gasteiger charge is -2.10. The van der Waals surface area contributed by atoms with E-state index in [0.29, 0.717) is 6.04 Å². The van der Waals surface area contributed by atoms with E-state index in [-0.39, 0.29) is 0 Å². The Balaban J connectivity index is 3.06. The maximum Gasteiger partial charge on any atom is 0.0480 e. The Labute approximate surface area is 82.8 Å². The van der Waals surface area contributed by atoms with Crippen molar-refractivity contribution >= 4 is 0 Å². The molecular formula is C11H25NO.